The van der Waals surface area contributed by atoms with Gasteiger partial charge in [-0.25, -0.2) is 0 Å². The van der Waals surface area contributed by atoms with Gasteiger partial charge in [0.2, 0.25) is 6.10 Å². The van der Waals surface area contributed by atoms with Crippen molar-refractivity contribution in [2.45, 2.75) is 12.6 Å². The second kappa shape index (κ2) is 9.97. The highest BCUT2D eigenvalue weighted by atomic mass is 16.6. The molecule has 174 valence electrons. The molecule has 0 spiro atoms. The second-order valence-electron chi connectivity index (χ2n) is 8.48. The molecule has 0 unspecified atom stereocenters. The van der Waals surface area contributed by atoms with E-state index in [0.29, 0.717) is 30.2 Å². The number of nitrogens with one attached hydrogen (secondary N) is 1. The van der Waals surface area contributed by atoms with Gasteiger partial charge >= 0.3 is 0 Å². The number of hydrogen-bond donors (Lipinski definition) is 1. The standard InChI is InChI=1S/C27H27N3O4/c31-26(28-22-6-2-1-3-7-22)21-12-10-20(11-13-21)18-29-14-16-30(17-15-29)27(32)25-19-33-23-8-4-5-9-24(23)34-25/h1-13,25H,14-19H2,(H,28,31)/t25-/m0/s1. The molecule has 1 fully saturated rings. The lowest BCUT2D eigenvalue weighted by atomic mass is 10.1. The Hall–Kier alpha value is -3.84. The van der Waals surface area contributed by atoms with Crippen molar-refractivity contribution >= 4 is 17.5 Å². The maximum absolute atomic E-state index is 12.9. The number of para-hydroxylation sites is 3. The van der Waals surface area contributed by atoms with Gasteiger partial charge in [0, 0.05) is 44.0 Å². The Kier molecular flexibility index (Phi) is 6.44. The molecule has 0 saturated carbocycles. The van der Waals surface area contributed by atoms with Gasteiger partial charge in [0.25, 0.3) is 11.8 Å². The summed E-state index contributed by atoms with van der Waals surface area (Å²) in [5.74, 6) is 1.15. The number of amides is 2. The molecule has 2 amide bonds. The SMILES string of the molecule is O=C(Nc1ccccc1)c1ccc(CN2CCN(C(=O)[C@@H]3COc4ccccc4O3)CC2)cc1. The lowest BCUT2D eigenvalue weighted by molar-refractivity contribution is -0.143. The molecule has 7 heteroatoms. The first-order valence-corrected chi connectivity index (χ1v) is 11.5. The van der Waals surface area contributed by atoms with E-state index >= 15 is 0 Å². The summed E-state index contributed by atoms with van der Waals surface area (Å²) in [5, 5.41) is 2.90. The van der Waals surface area contributed by atoms with Gasteiger partial charge in [-0.05, 0) is 42.0 Å². The Bertz CT molecular complexity index is 1140. The highest BCUT2D eigenvalue weighted by Gasteiger charge is 2.32. The van der Waals surface area contributed by atoms with Gasteiger partial charge in [-0.1, -0.05) is 42.5 Å². The van der Waals surface area contributed by atoms with E-state index in [1.165, 1.54) is 0 Å². The normalized spacial score (nSPS) is 17.8. The number of anilines is 1. The first-order chi connectivity index (χ1) is 16.7. The molecule has 5 rings (SSSR count). The monoisotopic (exact) mass is 457 g/mol. The van der Waals surface area contributed by atoms with E-state index in [-0.39, 0.29) is 18.4 Å². The van der Waals surface area contributed by atoms with Gasteiger partial charge in [0.05, 0.1) is 0 Å². The summed E-state index contributed by atoms with van der Waals surface area (Å²) in [7, 11) is 0. The van der Waals surface area contributed by atoms with Gasteiger partial charge < -0.3 is 19.7 Å². The number of fused-ring (bicyclic) bond motifs is 1. The third-order valence-electron chi connectivity index (χ3n) is 6.12. The van der Waals surface area contributed by atoms with Crippen molar-refractivity contribution in [1.29, 1.82) is 0 Å². The molecule has 3 aromatic rings. The fraction of sp³-hybridized carbons (Fsp3) is 0.259. The number of ether oxygens (including phenoxy) is 2. The van der Waals surface area contributed by atoms with E-state index < -0.39 is 6.10 Å². The summed E-state index contributed by atoms with van der Waals surface area (Å²) < 4.78 is 11.6. The Morgan fingerprint density at radius 2 is 1.50 bits per heavy atom. The van der Waals surface area contributed by atoms with Crippen LogP contribution >= 0.6 is 0 Å². The van der Waals surface area contributed by atoms with Crippen LogP contribution in [0.25, 0.3) is 0 Å². The number of carbonyl (C=O) groups excluding carboxylic acids is 2. The van der Waals surface area contributed by atoms with Crippen molar-refractivity contribution < 1.29 is 19.1 Å². The number of hydrogen-bond acceptors (Lipinski definition) is 5. The van der Waals surface area contributed by atoms with E-state index in [1.807, 2.05) is 83.8 Å². The summed E-state index contributed by atoms with van der Waals surface area (Å²) >= 11 is 0. The van der Waals surface area contributed by atoms with Gasteiger partial charge in [-0.15, -0.1) is 0 Å². The van der Waals surface area contributed by atoms with E-state index in [9.17, 15) is 9.59 Å². The first-order valence-electron chi connectivity index (χ1n) is 11.5. The van der Waals surface area contributed by atoms with Gasteiger partial charge in [0.15, 0.2) is 11.5 Å². The molecular weight excluding hydrogens is 430 g/mol. The smallest absolute Gasteiger partial charge is 0.267 e. The molecule has 1 atom stereocenters. The summed E-state index contributed by atoms with van der Waals surface area (Å²) in [5.41, 5.74) is 2.54. The number of benzene rings is 3. The minimum atomic E-state index is -0.601. The summed E-state index contributed by atoms with van der Waals surface area (Å²) in [6.45, 7) is 3.88. The molecule has 34 heavy (non-hydrogen) atoms. The van der Waals surface area contributed by atoms with Crippen molar-refractivity contribution in [2.75, 3.05) is 38.1 Å². The fourth-order valence-electron chi connectivity index (χ4n) is 4.22. The number of nitrogens with zero attached hydrogens (tertiary/aromatic N) is 2. The third-order valence-corrected chi connectivity index (χ3v) is 6.12. The second-order valence-corrected chi connectivity index (χ2v) is 8.48. The van der Waals surface area contributed by atoms with Crippen molar-refractivity contribution in [1.82, 2.24) is 9.80 Å². The van der Waals surface area contributed by atoms with Gasteiger partial charge in [0.1, 0.15) is 6.61 Å². The molecule has 2 aliphatic rings. The van der Waals surface area contributed by atoms with Crippen molar-refractivity contribution in [3.63, 3.8) is 0 Å². The molecule has 0 bridgehead atoms. The molecule has 2 heterocycles. The van der Waals surface area contributed by atoms with Crippen LogP contribution in [0.15, 0.2) is 78.9 Å². The Morgan fingerprint density at radius 1 is 0.824 bits per heavy atom. The van der Waals surface area contributed by atoms with Crippen LogP contribution in [0.2, 0.25) is 0 Å². The van der Waals surface area contributed by atoms with Crippen LogP contribution in [0.3, 0.4) is 0 Å². The average molecular weight is 458 g/mol. The fourth-order valence-corrected chi connectivity index (χ4v) is 4.22. The molecule has 3 aromatic carbocycles. The predicted octanol–water partition coefficient (Wildman–Crippen LogP) is 3.42. The third kappa shape index (κ3) is 5.05. The van der Waals surface area contributed by atoms with Gasteiger partial charge in [-0.2, -0.15) is 0 Å². The van der Waals surface area contributed by atoms with Crippen LogP contribution in [0.5, 0.6) is 11.5 Å². The zero-order chi connectivity index (χ0) is 23.3. The lowest BCUT2D eigenvalue weighted by Gasteiger charge is -2.37. The predicted molar refractivity (Wildman–Crippen MR) is 129 cm³/mol. The van der Waals surface area contributed by atoms with Crippen molar-refractivity contribution in [3.05, 3.63) is 90.0 Å². The topological polar surface area (TPSA) is 71.1 Å². The molecule has 7 nitrogen and oxygen atoms in total. The van der Waals surface area contributed by atoms with Crippen LogP contribution in [-0.2, 0) is 11.3 Å². The van der Waals surface area contributed by atoms with Crippen LogP contribution in [0, 0.1) is 0 Å². The summed E-state index contributed by atoms with van der Waals surface area (Å²) in [6, 6.07) is 24.5. The highest BCUT2D eigenvalue weighted by molar-refractivity contribution is 6.04. The van der Waals surface area contributed by atoms with E-state index in [4.69, 9.17) is 9.47 Å². The largest absolute Gasteiger partial charge is 0.485 e. The Labute approximate surface area is 198 Å². The number of piperazine rings is 1. The molecule has 1 saturated heterocycles. The lowest BCUT2D eigenvalue weighted by Crippen LogP contribution is -2.53. The van der Waals surface area contributed by atoms with Crippen LogP contribution < -0.4 is 14.8 Å². The quantitative estimate of drug-likeness (QED) is 0.636. The van der Waals surface area contributed by atoms with E-state index in [0.717, 1.165) is 30.9 Å². The van der Waals surface area contributed by atoms with E-state index in [1.54, 1.807) is 0 Å². The van der Waals surface area contributed by atoms with Crippen molar-refractivity contribution in [3.8, 4) is 11.5 Å². The molecule has 1 N–H and O–H groups in total. The van der Waals surface area contributed by atoms with Crippen molar-refractivity contribution in [2.24, 2.45) is 0 Å². The highest BCUT2D eigenvalue weighted by Crippen LogP contribution is 2.31. The minimum absolute atomic E-state index is 0.0251. The Morgan fingerprint density at radius 3 is 2.24 bits per heavy atom. The first kappa shape index (κ1) is 22.0. The molecular formula is C27H27N3O4. The zero-order valence-corrected chi connectivity index (χ0v) is 18.9. The van der Waals surface area contributed by atoms with Crippen LogP contribution in [0.4, 0.5) is 5.69 Å². The molecule has 2 aliphatic heterocycles. The van der Waals surface area contributed by atoms with Gasteiger partial charge in [-0.3, -0.25) is 14.5 Å². The average Bonchev–Trinajstić information content (AvgIpc) is 2.89. The Balaban J connectivity index is 1.10. The maximum atomic E-state index is 12.9. The number of carbonyl (C=O) groups is 2. The maximum Gasteiger partial charge on any atom is 0.267 e. The number of rotatable bonds is 5. The summed E-state index contributed by atoms with van der Waals surface area (Å²) in [6.07, 6.45) is -0.601. The van der Waals surface area contributed by atoms with Crippen LogP contribution in [0.1, 0.15) is 15.9 Å². The molecule has 0 aromatic heterocycles. The van der Waals surface area contributed by atoms with E-state index in [2.05, 4.69) is 10.2 Å². The van der Waals surface area contributed by atoms with Crippen LogP contribution in [-0.4, -0.2) is 60.5 Å². The summed E-state index contributed by atoms with van der Waals surface area (Å²) in [4.78, 5) is 29.5. The molecule has 0 radical (unpaired) electrons. The minimum Gasteiger partial charge on any atom is -0.485 e. The molecule has 0 aliphatic carbocycles. The zero-order valence-electron chi connectivity index (χ0n) is 18.9.